The Morgan fingerprint density at radius 3 is 2.42 bits per heavy atom. The molecule has 1 aliphatic rings. The van der Waals surface area contributed by atoms with Crippen LogP contribution in [0.25, 0.3) is 0 Å². The molecule has 0 saturated carbocycles. The van der Waals surface area contributed by atoms with E-state index >= 15 is 0 Å². The van der Waals surface area contributed by atoms with Gasteiger partial charge in [-0.05, 0) is 25.1 Å². The summed E-state index contributed by atoms with van der Waals surface area (Å²) in [5, 5.41) is 0. The number of likely N-dealkylation sites (N-methyl/N-ethyl adjacent to an activating group) is 1. The lowest BCUT2D eigenvalue weighted by Gasteiger charge is -2.07. The Kier molecular flexibility index (Phi) is 2.67. The third kappa shape index (κ3) is 1.93. The van der Waals surface area contributed by atoms with Crippen molar-refractivity contribution in [1.82, 2.24) is 0 Å². The summed E-state index contributed by atoms with van der Waals surface area (Å²) in [6, 6.07) is 15.6. The number of carbonyl (C=O) groups is 1. The monoisotopic (exact) mass is 250 g/mol. The zero-order chi connectivity index (χ0) is 13.4. The lowest BCUT2D eigenvalue weighted by atomic mass is 10.1. The minimum atomic E-state index is -0.0539. The van der Waals surface area contributed by atoms with E-state index in [9.17, 15) is 4.79 Å². The molecular weight excluding hydrogens is 236 g/mol. The highest BCUT2D eigenvalue weighted by Gasteiger charge is 2.30. The minimum absolute atomic E-state index is 0.0539. The molecule has 0 aliphatic carbocycles. The molecule has 0 fully saturated rings. The fourth-order valence-electron chi connectivity index (χ4n) is 2.21. The number of amides is 1. The summed E-state index contributed by atoms with van der Waals surface area (Å²) in [6.07, 6.45) is 0. The summed E-state index contributed by atoms with van der Waals surface area (Å²) in [4.78, 5) is 18.4. The van der Waals surface area contributed by atoms with Gasteiger partial charge in [-0.15, -0.1) is 0 Å². The van der Waals surface area contributed by atoms with Crippen molar-refractivity contribution in [3.63, 3.8) is 0 Å². The van der Waals surface area contributed by atoms with Gasteiger partial charge >= 0.3 is 0 Å². The molecule has 0 atom stereocenters. The van der Waals surface area contributed by atoms with Crippen LogP contribution >= 0.6 is 0 Å². The maximum atomic E-state index is 12.2. The lowest BCUT2D eigenvalue weighted by Crippen LogP contribution is -2.25. The fraction of sp³-hybridized carbons (Fsp3) is 0.125. The number of fused-ring (bicyclic) bond motifs is 1. The van der Waals surface area contributed by atoms with Crippen molar-refractivity contribution in [3.05, 3.63) is 59.7 Å². The zero-order valence-electron chi connectivity index (χ0n) is 10.9. The molecule has 94 valence electrons. The molecule has 0 N–H and O–H groups in total. The predicted octanol–water partition coefficient (Wildman–Crippen LogP) is 3.09. The normalized spacial score (nSPS) is 16.0. The summed E-state index contributed by atoms with van der Waals surface area (Å²) < 4.78 is 0. The summed E-state index contributed by atoms with van der Waals surface area (Å²) >= 11 is 0. The van der Waals surface area contributed by atoms with E-state index in [4.69, 9.17) is 0 Å². The van der Waals surface area contributed by atoms with E-state index in [0.29, 0.717) is 5.71 Å². The van der Waals surface area contributed by atoms with Crippen LogP contribution in [0.2, 0.25) is 0 Å². The highest BCUT2D eigenvalue weighted by molar-refractivity contribution is 6.54. The van der Waals surface area contributed by atoms with Crippen LogP contribution in [0.1, 0.15) is 11.1 Å². The predicted molar refractivity (Wildman–Crippen MR) is 77.2 cm³/mol. The standard InChI is InChI=1S/C16H14N2O/c1-11-7-9-12(10-8-11)17-15-13-5-3-4-6-14(13)18(2)16(15)19/h3-10H,1-2H3/b17-15+. The van der Waals surface area contributed by atoms with Crippen LogP contribution in [0.15, 0.2) is 53.5 Å². The second-order valence-electron chi connectivity index (χ2n) is 4.68. The molecule has 0 unspecified atom stereocenters. The SMILES string of the molecule is Cc1ccc(/N=C2/C(=O)N(C)c3ccccc32)cc1. The number of aliphatic imine (C=N–C) groups is 1. The Bertz CT molecular complexity index is 671. The molecule has 0 aromatic heterocycles. The van der Waals surface area contributed by atoms with Gasteiger partial charge in [0.25, 0.3) is 5.91 Å². The van der Waals surface area contributed by atoms with Crippen molar-refractivity contribution in [3.8, 4) is 0 Å². The first-order valence-electron chi connectivity index (χ1n) is 6.19. The smallest absolute Gasteiger partial charge is 0.277 e. The number of rotatable bonds is 1. The molecule has 3 nitrogen and oxygen atoms in total. The first kappa shape index (κ1) is 11.7. The highest BCUT2D eigenvalue weighted by Crippen LogP contribution is 2.29. The number of hydrogen-bond donors (Lipinski definition) is 0. The van der Waals surface area contributed by atoms with E-state index in [1.807, 2.05) is 55.5 Å². The van der Waals surface area contributed by atoms with Crippen molar-refractivity contribution in [1.29, 1.82) is 0 Å². The van der Waals surface area contributed by atoms with E-state index in [0.717, 1.165) is 16.9 Å². The van der Waals surface area contributed by atoms with Gasteiger partial charge in [0.15, 0.2) is 0 Å². The summed E-state index contributed by atoms with van der Waals surface area (Å²) in [6.45, 7) is 2.03. The first-order valence-corrected chi connectivity index (χ1v) is 6.19. The van der Waals surface area contributed by atoms with Crippen LogP contribution in [0.5, 0.6) is 0 Å². The Morgan fingerprint density at radius 1 is 1.00 bits per heavy atom. The molecule has 1 heterocycles. The number of anilines is 1. The van der Waals surface area contributed by atoms with E-state index < -0.39 is 0 Å². The number of carbonyl (C=O) groups excluding carboxylic acids is 1. The van der Waals surface area contributed by atoms with Crippen LogP contribution in [0.3, 0.4) is 0 Å². The van der Waals surface area contributed by atoms with Gasteiger partial charge in [0.05, 0.1) is 11.4 Å². The van der Waals surface area contributed by atoms with Gasteiger partial charge < -0.3 is 4.90 Å². The van der Waals surface area contributed by atoms with Crippen molar-refractivity contribution in [2.24, 2.45) is 4.99 Å². The molecule has 0 radical (unpaired) electrons. The molecule has 0 bridgehead atoms. The molecular formula is C16H14N2O. The number of hydrogen-bond acceptors (Lipinski definition) is 2. The van der Waals surface area contributed by atoms with E-state index in [-0.39, 0.29) is 5.91 Å². The molecule has 3 heteroatoms. The van der Waals surface area contributed by atoms with Gasteiger partial charge in [-0.1, -0.05) is 35.9 Å². The maximum absolute atomic E-state index is 12.2. The van der Waals surface area contributed by atoms with Crippen LogP contribution in [-0.2, 0) is 4.79 Å². The van der Waals surface area contributed by atoms with Crippen molar-refractivity contribution in [2.75, 3.05) is 11.9 Å². The number of para-hydroxylation sites is 1. The van der Waals surface area contributed by atoms with Crippen LogP contribution in [0.4, 0.5) is 11.4 Å². The van der Waals surface area contributed by atoms with E-state index in [1.165, 1.54) is 5.56 Å². The highest BCUT2D eigenvalue weighted by atomic mass is 16.2. The van der Waals surface area contributed by atoms with Crippen LogP contribution in [-0.4, -0.2) is 18.7 Å². The molecule has 1 aliphatic heterocycles. The summed E-state index contributed by atoms with van der Waals surface area (Å²) in [7, 11) is 1.78. The number of benzene rings is 2. The van der Waals surface area contributed by atoms with E-state index in [2.05, 4.69) is 4.99 Å². The first-order chi connectivity index (χ1) is 9.16. The Balaban J connectivity index is 2.10. The number of aryl methyl sites for hydroxylation is 1. The van der Waals surface area contributed by atoms with Gasteiger partial charge in [-0.2, -0.15) is 0 Å². The summed E-state index contributed by atoms with van der Waals surface area (Å²) in [5.41, 5.74) is 4.31. The molecule has 0 spiro atoms. The fourth-order valence-corrected chi connectivity index (χ4v) is 2.21. The zero-order valence-corrected chi connectivity index (χ0v) is 10.9. The van der Waals surface area contributed by atoms with Gasteiger partial charge in [-0.25, -0.2) is 4.99 Å². The van der Waals surface area contributed by atoms with Gasteiger partial charge in [0.2, 0.25) is 0 Å². The average molecular weight is 250 g/mol. The average Bonchev–Trinajstić information content (AvgIpc) is 2.67. The van der Waals surface area contributed by atoms with Crippen molar-refractivity contribution < 1.29 is 4.79 Å². The summed E-state index contributed by atoms with van der Waals surface area (Å²) in [5.74, 6) is -0.0539. The minimum Gasteiger partial charge on any atom is -0.309 e. The Labute approximate surface area is 112 Å². The molecule has 1 amide bonds. The van der Waals surface area contributed by atoms with Crippen molar-refractivity contribution in [2.45, 2.75) is 6.92 Å². The van der Waals surface area contributed by atoms with Crippen LogP contribution < -0.4 is 4.90 Å². The third-order valence-electron chi connectivity index (χ3n) is 3.30. The topological polar surface area (TPSA) is 32.7 Å². The maximum Gasteiger partial charge on any atom is 0.277 e. The second kappa shape index (κ2) is 4.35. The molecule has 3 rings (SSSR count). The molecule has 2 aromatic carbocycles. The quantitative estimate of drug-likeness (QED) is 0.765. The lowest BCUT2D eigenvalue weighted by molar-refractivity contribution is -0.111. The van der Waals surface area contributed by atoms with Crippen LogP contribution in [0, 0.1) is 6.92 Å². The van der Waals surface area contributed by atoms with Crippen molar-refractivity contribution >= 4 is 23.0 Å². The molecule has 19 heavy (non-hydrogen) atoms. The van der Waals surface area contributed by atoms with E-state index in [1.54, 1.807) is 11.9 Å². The van der Waals surface area contributed by atoms with Gasteiger partial charge in [-0.3, -0.25) is 4.79 Å². The van der Waals surface area contributed by atoms with Gasteiger partial charge in [0, 0.05) is 12.6 Å². The third-order valence-corrected chi connectivity index (χ3v) is 3.30. The van der Waals surface area contributed by atoms with Gasteiger partial charge in [0.1, 0.15) is 5.71 Å². The Morgan fingerprint density at radius 2 is 1.68 bits per heavy atom. The molecule has 0 saturated heterocycles. The largest absolute Gasteiger partial charge is 0.309 e. The second-order valence-corrected chi connectivity index (χ2v) is 4.68. The number of nitrogens with zero attached hydrogens (tertiary/aromatic N) is 2. The Hall–Kier alpha value is -2.42. The molecule has 2 aromatic rings.